The summed E-state index contributed by atoms with van der Waals surface area (Å²) in [4.78, 5) is 0. The van der Waals surface area contributed by atoms with Crippen LogP contribution in [0, 0.1) is 0 Å². The number of rotatable bonds is 12. The Labute approximate surface area is 133 Å². The maximum Gasteiger partial charge on any atom is 0.508 e. The lowest BCUT2D eigenvalue weighted by molar-refractivity contribution is -0.0156. The Morgan fingerprint density at radius 3 is 1.29 bits per heavy atom. The Bertz CT molecular complexity index is 252. The maximum absolute atomic E-state index is 6.40. The number of hydrogen-bond acceptors (Lipinski definition) is 3. The zero-order chi connectivity index (χ0) is 16.5. The molecule has 0 saturated carbocycles. The number of hydrogen-bond donors (Lipinski definition) is 0. The zero-order valence-electron chi connectivity index (χ0n) is 15.1. The Kier molecular flexibility index (Phi) is 10.5. The summed E-state index contributed by atoms with van der Waals surface area (Å²) in [5, 5.41) is 0. The standard InChI is InChI=1S/C17H36O3Si/c1-9-14(6)18-21(17(12-4)13-5,19-15(7)10-2)20-16(8)11-3/h12,14-17H,4,9-11,13H2,1-3,5-8H3. The molecular formula is C17H36O3Si. The topological polar surface area (TPSA) is 27.7 Å². The lowest BCUT2D eigenvalue weighted by atomic mass is 10.3. The van der Waals surface area contributed by atoms with E-state index in [1.807, 2.05) is 6.08 Å². The Morgan fingerprint density at radius 1 is 0.762 bits per heavy atom. The monoisotopic (exact) mass is 316 g/mol. The van der Waals surface area contributed by atoms with Gasteiger partial charge in [-0.25, -0.2) is 0 Å². The fourth-order valence-corrected chi connectivity index (χ4v) is 5.66. The van der Waals surface area contributed by atoms with Crippen molar-refractivity contribution >= 4 is 8.80 Å². The summed E-state index contributed by atoms with van der Waals surface area (Å²) in [5.41, 5.74) is 0.148. The van der Waals surface area contributed by atoms with E-state index < -0.39 is 8.80 Å². The van der Waals surface area contributed by atoms with Crippen LogP contribution >= 0.6 is 0 Å². The molecule has 0 saturated heterocycles. The molecule has 4 atom stereocenters. The van der Waals surface area contributed by atoms with E-state index in [4.69, 9.17) is 13.3 Å². The molecule has 0 aromatic carbocycles. The van der Waals surface area contributed by atoms with Crippen molar-refractivity contribution in [1.82, 2.24) is 0 Å². The lowest BCUT2D eigenvalue weighted by Crippen LogP contribution is -2.54. The first kappa shape index (κ1) is 20.8. The van der Waals surface area contributed by atoms with Gasteiger partial charge in [0.05, 0.1) is 0 Å². The molecule has 4 heteroatoms. The van der Waals surface area contributed by atoms with Gasteiger partial charge in [0.25, 0.3) is 0 Å². The Morgan fingerprint density at radius 2 is 1.10 bits per heavy atom. The molecular weight excluding hydrogens is 280 g/mol. The Hall–Kier alpha value is -0.163. The predicted octanol–water partition coefficient (Wildman–Crippen LogP) is 5.34. The molecule has 0 spiro atoms. The van der Waals surface area contributed by atoms with Crippen LogP contribution in [-0.2, 0) is 13.3 Å². The van der Waals surface area contributed by atoms with E-state index in [9.17, 15) is 0 Å². The third-order valence-corrected chi connectivity index (χ3v) is 7.74. The molecule has 0 fully saturated rings. The van der Waals surface area contributed by atoms with Crippen LogP contribution in [0.2, 0.25) is 5.54 Å². The minimum Gasteiger partial charge on any atom is -0.370 e. The first-order valence-corrected chi connectivity index (χ1v) is 10.3. The SMILES string of the molecule is C=CC(CC)[Si](OC(C)CC)(OC(C)CC)OC(C)CC. The van der Waals surface area contributed by atoms with E-state index in [1.54, 1.807) is 0 Å². The van der Waals surface area contributed by atoms with Gasteiger partial charge in [0.1, 0.15) is 0 Å². The van der Waals surface area contributed by atoms with Crippen molar-refractivity contribution in [2.24, 2.45) is 0 Å². The summed E-state index contributed by atoms with van der Waals surface area (Å²) in [6, 6.07) is 0. The third kappa shape index (κ3) is 6.64. The maximum atomic E-state index is 6.40. The molecule has 0 aromatic rings. The largest absolute Gasteiger partial charge is 0.508 e. The van der Waals surface area contributed by atoms with Crippen LogP contribution in [0.4, 0.5) is 0 Å². The highest BCUT2D eigenvalue weighted by atomic mass is 28.4. The molecule has 0 heterocycles. The van der Waals surface area contributed by atoms with Gasteiger partial charge in [-0.3, -0.25) is 0 Å². The second-order valence-corrected chi connectivity index (χ2v) is 8.52. The highest BCUT2D eigenvalue weighted by Crippen LogP contribution is 2.34. The molecule has 3 nitrogen and oxygen atoms in total. The summed E-state index contributed by atoms with van der Waals surface area (Å²) in [6.45, 7) is 18.8. The highest BCUT2D eigenvalue weighted by molar-refractivity contribution is 6.63. The van der Waals surface area contributed by atoms with Gasteiger partial charge < -0.3 is 13.3 Å². The smallest absolute Gasteiger partial charge is 0.370 e. The quantitative estimate of drug-likeness (QED) is 0.359. The predicted molar refractivity (Wildman–Crippen MR) is 92.5 cm³/mol. The number of allylic oxidation sites excluding steroid dienone is 1. The van der Waals surface area contributed by atoms with Crippen LogP contribution in [0.15, 0.2) is 12.7 Å². The molecule has 0 amide bonds. The fourth-order valence-electron chi connectivity index (χ4n) is 2.00. The van der Waals surface area contributed by atoms with Crippen molar-refractivity contribution in [3.63, 3.8) is 0 Å². The summed E-state index contributed by atoms with van der Waals surface area (Å²) in [7, 11) is -2.80. The first-order valence-electron chi connectivity index (χ1n) is 8.54. The van der Waals surface area contributed by atoms with Gasteiger partial charge in [0.2, 0.25) is 0 Å². The average Bonchev–Trinajstić information content (AvgIpc) is 2.47. The minimum absolute atomic E-state index is 0.138. The second-order valence-electron chi connectivity index (χ2n) is 5.86. The third-order valence-electron chi connectivity index (χ3n) is 4.00. The van der Waals surface area contributed by atoms with Crippen LogP contribution in [-0.4, -0.2) is 27.1 Å². The van der Waals surface area contributed by atoms with Crippen LogP contribution in [0.5, 0.6) is 0 Å². The van der Waals surface area contributed by atoms with E-state index in [1.165, 1.54) is 0 Å². The van der Waals surface area contributed by atoms with Crippen molar-refractivity contribution in [1.29, 1.82) is 0 Å². The first-order chi connectivity index (χ1) is 9.88. The lowest BCUT2D eigenvalue weighted by Gasteiger charge is -2.39. The molecule has 0 aliphatic carbocycles. The van der Waals surface area contributed by atoms with Crippen molar-refractivity contribution in [2.75, 3.05) is 0 Å². The highest BCUT2D eigenvalue weighted by Gasteiger charge is 2.50. The summed E-state index contributed by atoms with van der Waals surface area (Å²) in [5.74, 6) is 0. The van der Waals surface area contributed by atoms with Gasteiger partial charge in [-0.15, -0.1) is 6.58 Å². The van der Waals surface area contributed by atoms with Crippen LogP contribution in [0.25, 0.3) is 0 Å². The van der Waals surface area contributed by atoms with E-state index in [0.717, 1.165) is 25.7 Å². The molecule has 4 unspecified atom stereocenters. The van der Waals surface area contributed by atoms with E-state index >= 15 is 0 Å². The molecule has 0 radical (unpaired) electrons. The second kappa shape index (κ2) is 10.5. The minimum atomic E-state index is -2.80. The van der Waals surface area contributed by atoms with E-state index in [2.05, 4.69) is 55.0 Å². The van der Waals surface area contributed by atoms with Crippen molar-refractivity contribution in [3.05, 3.63) is 12.7 Å². The van der Waals surface area contributed by atoms with E-state index in [0.29, 0.717) is 0 Å². The van der Waals surface area contributed by atoms with Gasteiger partial charge in [-0.05, 0) is 46.5 Å². The molecule has 0 bridgehead atoms. The van der Waals surface area contributed by atoms with Crippen LogP contribution in [0.3, 0.4) is 0 Å². The molecule has 0 aliphatic rings. The molecule has 0 aliphatic heterocycles. The summed E-state index contributed by atoms with van der Waals surface area (Å²) >= 11 is 0. The molecule has 0 N–H and O–H groups in total. The molecule has 0 aromatic heterocycles. The van der Waals surface area contributed by atoms with Crippen molar-refractivity contribution < 1.29 is 13.3 Å². The Balaban J connectivity index is 5.49. The molecule has 126 valence electrons. The van der Waals surface area contributed by atoms with Gasteiger partial charge in [0.15, 0.2) is 0 Å². The normalized spacial score (nSPS) is 20.3. The van der Waals surface area contributed by atoms with Gasteiger partial charge in [-0.1, -0.05) is 33.8 Å². The van der Waals surface area contributed by atoms with E-state index in [-0.39, 0.29) is 23.9 Å². The van der Waals surface area contributed by atoms with Gasteiger partial charge in [-0.2, -0.15) is 0 Å². The van der Waals surface area contributed by atoms with Gasteiger partial charge >= 0.3 is 8.80 Å². The molecule has 0 rings (SSSR count). The summed E-state index contributed by atoms with van der Waals surface area (Å²) in [6.07, 6.45) is 6.16. The van der Waals surface area contributed by atoms with Crippen molar-refractivity contribution in [2.45, 2.75) is 98.0 Å². The summed E-state index contributed by atoms with van der Waals surface area (Å²) < 4.78 is 19.2. The fraction of sp³-hybridized carbons (Fsp3) is 0.882. The van der Waals surface area contributed by atoms with Crippen LogP contribution in [0.1, 0.15) is 74.1 Å². The average molecular weight is 317 g/mol. The molecule has 21 heavy (non-hydrogen) atoms. The van der Waals surface area contributed by atoms with Crippen LogP contribution < -0.4 is 0 Å². The van der Waals surface area contributed by atoms with Crippen molar-refractivity contribution in [3.8, 4) is 0 Å². The van der Waals surface area contributed by atoms with Gasteiger partial charge in [0, 0.05) is 23.9 Å². The zero-order valence-corrected chi connectivity index (χ0v) is 16.1.